The first-order valence-corrected chi connectivity index (χ1v) is 6.19. The van der Waals surface area contributed by atoms with Crippen molar-refractivity contribution >= 4 is 0 Å². The fourth-order valence-electron chi connectivity index (χ4n) is 1.92. The predicted octanol–water partition coefficient (Wildman–Crippen LogP) is 3.33. The van der Waals surface area contributed by atoms with Gasteiger partial charge in [-0.2, -0.15) is 5.26 Å². The number of nitriles is 1. The summed E-state index contributed by atoms with van der Waals surface area (Å²) in [6.45, 7) is 1.79. The van der Waals surface area contributed by atoms with Gasteiger partial charge in [0.25, 0.3) is 0 Å². The summed E-state index contributed by atoms with van der Waals surface area (Å²) >= 11 is 0. The lowest BCUT2D eigenvalue weighted by Gasteiger charge is -2.13. The van der Waals surface area contributed by atoms with Crippen LogP contribution in [0.4, 0.5) is 4.39 Å². The minimum atomic E-state index is -0.645. The zero-order valence-corrected chi connectivity index (χ0v) is 11.0. The van der Waals surface area contributed by atoms with Crippen LogP contribution in [0.25, 0.3) is 0 Å². The van der Waals surface area contributed by atoms with Gasteiger partial charge >= 0.3 is 0 Å². The Bertz CT molecular complexity index is 647. The van der Waals surface area contributed by atoms with Crippen LogP contribution >= 0.6 is 0 Å². The second-order valence-corrected chi connectivity index (χ2v) is 4.46. The van der Waals surface area contributed by atoms with Gasteiger partial charge in [0.1, 0.15) is 18.2 Å². The van der Waals surface area contributed by atoms with E-state index in [-0.39, 0.29) is 12.2 Å². The molecule has 0 aliphatic carbocycles. The first-order chi connectivity index (χ1) is 9.60. The number of benzene rings is 2. The molecule has 20 heavy (non-hydrogen) atoms. The van der Waals surface area contributed by atoms with Crippen molar-refractivity contribution in [2.24, 2.45) is 0 Å². The van der Waals surface area contributed by atoms with Gasteiger partial charge in [0.15, 0.2) is 0 Å². The molecule has 0 aliphatic heterocycles. The number of para-hydroxylation sites is 1. The van der Waals surface area contributed by atoms with Crippen LogP contribution < -0.4 is 4.74 Å². The molecule has 0 radical (unpaired) electrons. The second-order valence-electron chi connectivity index (χ2n) is 4.46. The number of ether oxygens (including phenoxy) is 1. The van der Waals surface area contributed by atoms with Gasteiger partial charge in [-0.25, -0.2) is 4.39 Å². The Kier molecular flexibility index (Phi) is 4.34. The Morgan fingerprint density at radius 3 is 2.75 bits per heavy atom. The van der Waals surface area contributed by atoms with E-state index in [9.17, 15) is 9.50 Å². The van der Waals surface area contributed by atoms with Crippen molar-refractivity contribution in [2.75, 3.05) is 0 Å². The van der Waals surface area contributed by atoms with Gasteiger partial charge < -0.3 is 9.84 Å². The third-order valence-electron chi connectivity index (χ3n) is 2.85. The molecule has 3 nitrogen and oxygen atoms in total. The largest absolute Gasteiger partial charge is 0.489 e. The highest BCUT2D eigenvalue weighted by Gasteiger charge is 2.09. The lowest BCUT2D eigenvalue weighted by atomic mass is 10.1. The SMILES string of the molecule is C[C@H](O)c1ccccc1OCc1cc(F)cc(C#N)c1. The highest BCUT2D eigenvalue weighted by molar-refractivity contribution is 5.36. The average Bonchev–Trinajstić information content (AvgIpc) is 2.44. The van der Waals surface area contributed by atoms with Crippen LogP contribution in [0.5, 0.6) is 5.75 Å². The summed E-state index contributed by atoms with van der Waals surface area (Å²) in [7, 11) is 0. The topological polar surface area (TPSA) is 53.2 Å². The number of rotatable bonds is 4. The van der Waals surface area contributed by atoms with Gasteiger partial charge in [-0.3, -0.25) is 0 Å². The summed E-state index contributed by atoms with van der Waals surface area (Å²) in [5, 5.41) is 18.4. The Morgan fingerprint density at radius 1 is 1.30 bits per heavy atom. The van der Waals surface area contributed by atoms with Crippen molar-refractivity contribution in [3.63, 3.8) is 0 Å². The fourth-order valence-corrected chi connectivity index (χ4v) is 1.92. The van der Waals surface area contributed by atoms with Gasteiger partial charge in [0, 0.05) is 5.56 Å². The molecule has 2 aromatic carbocycles. The monoisotopic (exact) mass is 271 g/mol. The molecule has 102 valence electrons. The van der Waals surface area contributed by atoms with E-state index in [1.54, 1.807) is 31.2 Å². The molecule has 0 unspecified atom stereocenters. The molecule has 0 bridgehead atoms. The molecule has 0 saturated carbocycles. The number of halogens is 1. The van der Waals surface area contributed by atoms with Crippen molar-refractivity contribution in [3.05, 3.63) is 65.0 Å². The normalized spacial score (nSPS) is 11.7. The van der Waals surface area contributed by atoms with Crippen molar-refractivity contribution < 1.29 is 14.2 Å². The molecule has 2 rings (SSSR count). The zero-order valence-electron chi connectivity index (χ0n) is 11.0. The molecule has 1 N–H and O–H groups in total. The third kappa shape index (κ3) is 3.34. The van der Waals surface area contributed by atoms with E-state index < -0.39 is 11.9 Å². The maximum absolute atomic E-state index is 13.3. The standard InChI is InChI=1S/C16H14FNO2/c1-11(19)15-4-2-3-5-16(15)20-10-13-6-12(9-18)7-14(17)8-13/h2-8,11,19H,10H2,1H3/t11-/m0/s1. The third-order valence-corrected chi connectivity index (χ3v) is 2.85. The summed E-state index contributed by atoms with van der Waals surface area (Å²) in [6, 6.07) is 13.1. The minimum absolute atomic E-state index is 0.135. The zero-order chi connectivity index (χ0) is 14.5. The molecule has 0 spiro atoms. The lowest BCUT2D eigenvalue weighted by molar-refractivity contribution is 0.190. The van der Waals surface area contributed by atoms with E-state index in [4.69, 9.17) is 10.00 Å². The first-order valence-electron chi connectivity index (χ1n) is 6.19. The van der Waals surface area contributed by atoms with E-state index in [0.717, 1.165) is 0 Å². The molecule has 0 saturated heterocycles. The highest BCUT2D eigenvalue weighted by atomic mass is 19.1. The smallest absolute Gasteiger partial charge is 0.125 e. The van der Waals surface area contributed by atoms with Crippen LogP contribution in [-0.4, -0.2) is 5.11 Å². The first kappa shape index (κ1) is 14.0. The van der Waals surface area contributed by atoms with Gasteiger partial charge in [-0.15, -0.1) is 0 Å². The number of hydrogen-bond donors (Lipinski definition) is 1. The molecule has 0 amide bonds. The quantitative estimate of drug-likeness (QED) is 0.928. The van der Waals surface area contributed by atoms with Crippen LogP contribution in [0.3, 0.4) is 0 Å². The molecule has 0 aromatic heterocycles. The Morgan fingerprint density at radius 2 is 2.05 bits per heavy atom. The van der Waals surface area contributed by atoms with Crippen LogP contribution in [0, 0.1) is 17.1 Å². The van der Waals surface area contributed by atoms with E-state index in [0.29, 0.717) is 16.9 Å². The van der Waals surface area contributed by atoms with E-state index in [1.165, 1.54) is 12.1 Å². The van der Waals surface area contributed by atoms with E-state index in [2.05, 4.69) is 0 Å². The maximum Gasteiger partial charge on any atom is 0.125 e. The predicted molar refractivity (Wildman–Crippen MR) is 72.5 cm³/mol. The van der Waals surface area contributed by atoms with Crippen molar-refractivity contribution in [3.8, 4) is 11.8 Å². The molecule has 2 aromatic rings. The Labute approximate surface area is 116 Å². The summed E-state index contributed by atoms with van der Waals surface area (Å²) in [5.74, 6) is 0.0803. The van der Waals surface area contributed by atoms with Gasteiger partial charge in [-0.1, -0.05) is 18.2 Å². The molecule has 4 heteroatoms. The van der Waals surface area contributed by atoms with E-state index in [1.807, 2.05) is 12.1 Å². The van der Waals surface area contributed by atoms with Crippen LogP contribution in [-0.2, 0) is 6.61 Å². The van der Waals surface area contributed by atoms with Gasteiger partial charge in [-0.05, 0) is 36.8 Å². The van der Waals surface area contributed by atoms with Crippen molar-refractivity contribution in [2.45, 2.75) is 19.6 Å². The van der Waals surface area contributed by atoms with Gasteiger partial charge in [0.2, 0.25) is 0 Å². The molecular formula is C16H14FNO2. The maximum atomic E-state index is 13.3. The van der Waals surface area contributed by atoms with Crippen molar-refractivity contribution in [1.29, 1.82) is 5.26 Å². The number of aliphatic hydroxyl groups excluding tert-OH is 1. The average molecular weight is 271 g/mol. The highest BCUT2D eigenvalue weighted by Crippen LogP contribution is 2.25. The van der Waals surface area contributed by atoms with Gasteiger partial charge in [0.05, 0.1) is 17.7 Å². The molecule has 0 heterocycles. The summed E-state index contributed by atoms with van der Waals surface area (Å²) in [6.07, 6.45) is -0.645. The van der Waals surface area contributed by atoms with Crippen LogP contribution in [0.15, 0.2) is 42.5 Å². The lowest BCUT2D eigenvalue weighted by Crippen LogP contribution is -2.01. The summed E-state index contributed by atoms with van der Waals surface area (Å²) in [5.41, 5.74) is 1.50. The molecule has 0 aliphatic rings. The summed E-state index contributed by atoms with van der Waals surface area (Å²) in [4.78, 5) is 0. The Balaban J connectivity index is 2.17. The Hall–Kier alpha value is -2.38. The second kappa shape index (κ2) is 6.18. The number of hydrogen-bond acceptors (Lipinski definition) is 3. The number of aliphatic hydroxyl groups is 1. The summed E-state index contributed by atoms with van der Waals surface area (Å²) < 4.78 is 18.9. The van der Waals surface area contributed by atoms with Crippen molar-refractivity contribution in [1.82, 2.24) is 0 Å². The molecule has 0 fully saturated rings. The molecule has 1 atom stereocenters. The van der Waals surface area contributed by atoms with Crippen LogP contribution in [0.1, 0.15) is 29.7 Å². The molecular weight excluding hydrogens is 257 g/mol. The fraction of sp³-hybridized carbons (Fsp3) is 0.188. The number of nitrogens with zero attached hydrogens (tertiary/aromatic N) is 1. The minimum Gasteiger partial charge on any atom is -0.489 e. The van der Waals surface area contributed by atoms with E-state index >= 15 is 0 Å². The van der Waals surface area contributed by atoms with Crippen LogP contribution in [0.2, 0.25) is 0 Å².